The molecule has 0 aliphatic carbocycles. The van der Waals surface area contributed by atoms with E-state index in [2.05, 4.69) is 101 Å². The lowest BCUT2D eigenvalue weighted by Crippen LogP contribution is -3.00. The molecule has 1 saturated heterocycles. The molecule has 1 aliphatic rings. The largest absolute Gasteiger partial charge is 1.00 e. The number of hydrogen-bond acceptors (Lipinski definition) is 0. The SMILES string of the molecule is CC(C)=CC[N+]1(CC=C(C)C)CC[Si](c2ccccc2)(c2ccccc2)CC1.[Br-]. The standard InChI is InChI=1S/C26H36NSi.BrH/c1-23(2)15-17-27(18-16-24(3)4)19-21-28(22-20-27,25-11-7-5-8-12-25)26-13-9-6-10-14-26;/h5-16H,17-22H2,1-4H3;1H/q+1;/p-1. The van der Waals surface area contributed by atoms with Crippen LogP contribution < -0.4 is 27.4 Å². The van der Waals surface area contributed by atoms with Crippen LogP contribution in [-0.2, 0) is 0 Å². The molecule has 0 unspecified atom stereocenters. The summed E-state index contributed by atoms with van der Waals surface area (Å²) in [7, 11) is -1.69. The smallest absolute Gasteiger partial charge is 0.129 e. The maximum atomic E-state index is 2.46. The van der Waals surface area contributed by atoms with Crippen molar-refractivity contribution in [1.29, 1.82) is 0 Å². The van der Waals surface area contributed by atoms with Gasteiger partial charge >= 0.3 is 0 Å². The van der Waals surface area contributed by atoms with Crippen LogP contribution in [0.15, 0.2) is 84.0 Å². The first kappa shape index (κ1) is 23.9. The molecular formula is C26H36BrNSi. The minimum Gasteiger partial charge on any atom is -1.00 e. The van der Waals surface area contributed by atoms with E-state index in [0.717, 1.165) is 0 Å². The van der Waals surface area contributed by atoms with E-state index >= 15 is 0 Å². The Balaban J connectivity index is 0.00000300. The zero-order valence-electron chi connectivity index (χ0n) is 18.5. The second-order valence-electron chi connectivity index (χ2n) is 9.03. The minimum absolute atomic E-state index is 0. The number of benzene rings is 2. The zero-order chi connectivity index (χ0) is 20.0. The molecule has 0 spiro atoms. The summed E-state index contributed by atoms with van der Waals surface area (Å²) in [5.74, 6) is 0. The first-order valence-corrected chi connectivity index (χ1v) is 13.1. The molecular weight excluding hydrogens is 434 g/mol. The highest BCUT2D eigenvalue weighted by atomic mass is 79.9. The van der Waals surface area contributed by atoms with Crippen LogP contribution in [-0.4, -0.2) is 38.7 Å². The molecule has 1 fully saturated rings. The first-order valence-electron chi connectivity index (χ1n) is 10.7. The molecule has 0 N–H and O–H groups in total. The Labute approximate surface area is 189 Å². The van der Waals surface area contributed by atoms with Gasteiger partial charge in [0.25, 0.3) is 0 Å². The summed E-state index contributed by atoms with van der Waals surface area (Å²) in [5.41, 5.74) is 2.88. The van der Waals surface area contributed by atoms with Crippen LogP contribution in [0.4, 0.5) is 0 Å². The van der Waals surface area contributed by atoms with E-state index in [1.54, 1.807) is 10.4 Å². The lowest BCUT2D eigenvalue weighted by molar-refractivity contribution is -0.915. The van der Waals surface area contributed by atoms with Gasteiger partial charge in [-0.05, 0) is 39.8 Å². The molecule has 2 aromatic rings. The Morgan fingerprint density at radius 2 is 1.10 bits per heavy atom. The van der Waals surface area contributed by atoms with E-state index in [0.29, 0.717) is 0 Å². The van der Waals surface area contributed by atoms with Crippen LogP contribution >= 0.6 is 0 Å². The van der Waals surface area contributed by atoms with Gasteiger partial charge in [0.05, 0.1) is 26.2 Å². The highest BCUT2D eigenvalue weighted by Crippen LogP contribution is 2.28. The van der Waals surface area contributed by atoms with E-state index in [4.69, 9.17) is 0 Å². The van der Waals surface area contributed by atoms with Crippen molar-refractivity contribution in [3.8, 4) is 0 Å². The van der Waals surface area contributed by atoms with Gasteiger partial charge in [0.2, 0.25) is 0 Å². The molecule has 1 aliphatic heterocycles. The lowest BCUT2D eigenvalue weighted by Gasteiger charge is -2.47. The number of nitrogens with zero attached hydrogens (tertiary/aromatic N) is 1. The van der Waals surface area contributed by atoms with Crippen LogP contribution in [0, 0.1) is 0 Å². The highest BCUT2D eigenvalue weighted by Gasteiger charge is 2.45. The van der Waals surface area contributed by atoms with E-state index < -0.39 is 8.07 Å². The maximum absolute atomic E-state index is 2.46. The molecule has 0 amide bonds. The Morgan fingerprint density at radius 1 is 0.724 bits per heavy atom. The molecule has 3 heteroatoms. The number of halogens is 1. The van der Waals surface area contributed by atoms with E-state index in [-0.39, 0.29) is 17.0 Å². The topological polar surface area (TPSA) is 0 Å². The van der Waals surface area contributed by atoms with Gasteiger partial charge in [-0.1, -0.05) is 82.2 Å². The van der Waals surface area contributed by atoms with Crippen molar-refractivity contribution in [2.45, 2.75) is 39.8 Å². The predicted octanol–water partition coefficient (Wildman–Crippen LogP) is 2.02. The van der Waals surface area contributed by atoms with Crippen molar-refractivity contribution in [2.75, 3.05) is 26.2 Å². The Morgan fingerprint density at radius 3 is 1.45 bits per heavy atom. The molecule has 1 heterocycles. The Kier molecular flexibility index (Phi) is 8.68. The fraction of sp³-hybridized carbons (Fsp3) is 0.385. The summed E-state index contributed by atoms with van der Waals surface area (Å²) in [4.78, 5) is 0. The second-order valence-corrected chi connectivity index (χ2v) is 13.4. The fourth-order valence-corrected chi connectivity index (χ4v) is 9.65. The third-order valence-corrected chi connectivity index (χ3v) is 11.5. The normalized spacial score (nSPS) is 17.0. The fourth-order valence-electron chi connectivity index (χ4n) is 4.54. The molecule has 3 rings (SSSR count). The first-order chi connectivity index (χ1) is 13.5. The lowest BCUT2D eigenvalue weighted by atomic mass is 10.2. The van der Waals surface area contributed by atoms with Crippen molar-refractivity contribution >= 4 is 18.4 Å². The molecule has 0 radical (unpaired) electrons. The van der Waals surface area contributed by atoms with Crippen LogP contribution in [0.5, 0.6) is 0 Å². The number of rotatable bonds is 6. The van der Waals surface area contributed by atoms with Gasteiger partial charge in [0.1, 0.15) is 8.07 Å². The van der Waals surface area contributed by atoms with Crippen molar-refractivity contribution in [2.24, 2.45) is 0 Å². The predicted molar refractivity (Wildman–Crippen MR) is 126 cm³/mol. The van der Waals surface area contributed by atoms with E-state index in [1.807, 2.05) is 0 Å². The maximum Gasteiger partial charge on any atom is 0.129 e. The van der Waals surface area contributed by atoms with E-state index in [9.17, 15) is 0 Å². The van der Waals surface area contributed by atoms with Gasteiger partial charge in [-0.3, -0.25) is 0 Å². The van der Waals surface area contributed by atoms with Gasteiger partial charge in [-0.15, -0.1) is 0 Å². The van der Waals surface area contributed by atoms with Gasteiger partial charge in [-0.2, -0.15) is 0 Å². The summed E-state index contributed by atoms with van der Waals surface area (Å²) >= 11 is 0. The molecule has 2 aromatic carbocycles. The number of quaternary nitrogens is 1. The van der Waals surface area contributed by atoms with Crippen molar-refractivity contribution in [1.82, 2.24) is 0 Å². The molecule has 0 bridgehead atoms. The average molecular weight is 471 g/mol. The third kappa shape index (κ3) is 5.81. The van der Waals surface area contributed by atoms with Crippen LogP contribution in [0.3, 0.4) is 0 Å². The van der Waals surface area contributed by atoms with Crippen molar-refractivity contribution < 1.29 is 21.5 Å². The summed E-state index contributed by atoms with van der Waals surface area (Å²) in [5, 5.41) is 3.23. The average Bonchev–Trinajstić information content (AvgIpc) is 2.73. The summed E-state index contributed by atoms with van der Waals surface area (Å²) in [6, 6.07) is 25.5. The molecule has 0 saturated carbocycles. The highest BCUT2D eigenvalue weighted by molar-refractivity contribution is 7.02. The van der Waals surface area contributed by atoms with Crippen LogP contribution in [0.1, 0.15) is 27.7 Å². The van der Waals surface area contributed by atoms with Crippen LogP contribution in [0.25, 0.3) is 0 Å². The molecule has 0 atom stereocenters. The van der Waals surface area contributed by atoms with E-state index in [1.165, 1.54) is 53.9 Å². The van der Waals surface area contributed by atoms with Gasteiger partial charge < -0.3 is 21.5 Å². The summed E-state index contributed by atoms with van der Waals surface area (Å²) in [6.45, 7) is 13.8. The van der Waals surface area contributed by atoms with Gasteiger partial charge in [0, 0.05) is 12.1 Å². The van der Waals surface area contributed by atoms with Gasteiger partial charge in [0.15, 0.2) is 0 Å². The molecule has 0 aromatic heterocycles. The molecule has 29 heavy (non-hydrogen) atoms. The van der Waals surface area contributed by atoms with Crippen molar-refractivity contribution in [3.63, 3.8) is 0 Å². The summed E-state index contributed by atoms with van der Waals surface area (Å²) in [6.07, 6.45) is 4.91. The van der Waals surface area contributed by atoms with Crippen LogP contribution in [0.2, 0.25) is 12.1 Å². The zero-order valence-corrected chi connectivity index (χ0v) is 21.1. The quantitative estimate of drug-likeness (QED) is 0.344. The van der Waals surface area contributed by atoms with Crippen molar-refractivity contribution in [3.05, 3.63) is 84.0 Å². The van der Waals surface area contributed by atoms with Gasteiger partial charge in [-0.25, -0.2) is 0 Å². The number of allylic oxidation sites excluding steroid dienone is 2. The molecule has 156 valence electrons. The Bertz CT molecular complexity index is 747. The minimum atomic E-state index is -1.69. The second kappa shape index (κ2) is 10.6. The Hall–Kier alpha value is -1.42. The molecule has 1 nitrogen and oxygen atoms in total. The third-order valence-electron chi connectivity index (χ3n) is 6.45. The summed E-state index contributed by atoms with van der Waals surface area (Å²) < 4.78 is 1.21. The monoisotopic (exact) mass is 469 g/mol. The number of hydrogen-bond donors (Lipinski definition) is 0.